The second-order valence-electron chi connectivity index (χ2n) is 5.80. The van der Waals surface area contributed by atoms with Crippen LogP contribution in [0.3, 0.4) is 0 Å². The molecule has 0 spiro atoms. The molecule has 3 aromatic rings. The molecular formula is C20H20N2O. The van der Waals surface area contributed by atoms with Gasteiger partial charge in [0, 0.05) is 16.8 Å². The number of nitrogens with zero attached hydrogens (tertiary/aromatic N) is 1. The first-order valence-electron chi connectivity index (χ1n) is 7.85. The summed E-state index contributed by atoms with van der Waals surface area (Å²) in [4.78, 5) is 17.3. The lowest BCUT2D eigenvalue weighted by Crippen LogP contribution is -2.14. The number of rotatable bonds is 3. The highest BCUT2D eigenvalue weighted by Gasteiger charge is 2.13. The minimum Gasteiger partial charge on any atom is -0.322 e. The predicted molar refractivity (Wildman–Crippen MR) is 95.0 cm³/mol. The van der Waals surface area contributed by atoms with Gasteiger partial charge in [-0.15, -0.1) is 0 Å². The number of para-hydroxylation sites is 1. The monoisotopic (exact) mass is 304 g/mol. The number of nitrogens with one attached hydrogen (secondary N) is 1. The molecule has 0 saturated heterocycles. The Labute approximate surface area is 136 Å². The van der Waals surface area contributed by atoms with Gasteiger partial charge < -0.3 is 5.32 Å². The zero-order valence-electron chi connectivity index (χ0n) is 13.7. The van der Waals surface area contributed by atoms with Crippen LogP contribution in [0, 0.1) is 13.8 Å². The number of pyridine rings is 1. The van der Waals surface area contributed by atoms with Crippen LogP contribution >= 0.6 is 0 Å². The number of aromatic nitrogens is 1. The van der Waals surface area contributed by atoms with Gasteiger partial charge in [0.05, 0.1) is 11.1 Å². The molecule has 1 heterocycles. The van der Waals surface area contributed by atoms with Crippen LogP contribution in [-0.4, -0.2) is 10.9 Å². The van der Waals surface area contributed by atoms with Crippen molar-refractivity contribution in [1.29, 1.82) is 0 Å². The molecular weight excluding hydrogens is 284 g/mol. The summed E-state index contributed by atoms with van der Waals surface area (Å²) in [5, 5.41) is 3.94. The Morgan fingerprint density at radius 3 is 2.65 bits per heavy atom. The van der Waals surface area contributed by atoms with E-state index in [1.165, 1.54) is 0 Å². The molecule has 3 nitrogen and oxygen atoms in total. The fraction of sp³-hybridized carbons (Fsp3) is 0.200. The first-order valence-corrected chi connectivity index (χ1v) is 7.85. The lowest BCUT2D eigenvalue weighted by atomic mass is 10.0. The average Bonchev–Trinajstić information content (AvgIpc) is 2.55. The molecule has 1 N–H and O–H groups in total. The number of benzene rings is 2. The van der Waals surface area contributed by atoms with Gasteiger partial charge in [0.1, 0.15) is 0 Å². The Hall–Kier alpha value is -2.68. The molecule has 0 aliphatic rings. The van der Waals surface area contributed by atoms with Gasteiger partial charge in [0.15, 0.2) is 0 Å². The lowest BCUT2D eigenvalue weighted by Gasteiger charge is -2.12. The highest BCUT2D eigenvalue weighted by Crippen LogP contribution is 2.22. The van der Waals surface area contributed by atoms with Crippen molar-refractivity contribution in [2.45, 2.75) is 27.2 Å². The normalized spacial score (nSPS) is 10.7. The molecule has 0 aliphatic carbocycles. The fourth-order valence-corrected chi connectivity index (χ4v) is 2.80. The van der Waals surface area contributed by atoms with Crippen molar-refractivity contribution >= 4 is 22.5 Å². The molecule has 3 rings (SSSR count). The second-order valence-corrected chi connectivity index (χ2v) is 5.80. The van der Waals surface area contributed by atoms with E-state index in [1.54, 1.807) is 0 Å². The van der Waals surface area contributed by atoms with Crippen molar-refractivity contribution in [3.05, 3.63) is 70.9 Å². The van der Waals surface area contributed by atoms with Gasteiger partial charge in [-0.2, -0.15) is 0 Å². The minimum absolute atomic E-state index is 0.0907. The quantitative estimate of drug-likeness (QED) is 0.764. The van der Waals surface area contributed by atoms with Crippen LogP contribution in [0.1, 0.15) is 34.1 Å². The fourth-order valence-electron chi connectivity index (χ4n) is 2.80. The van der Waals surface area contributed by atoms with Gasteiger partial charge in [-0.25, -0.2) is 0 Å². The van der Waals surface area contributed by atoms with Crippen LogP contribution in [-0.2, 0) is 6.42 Å². The number of anilines is 1. The summed E-state index contributed by atoms with van der Waals surface area (Å²) in [6, 6.07) is 15.8. The van der Waals surface area contributed by atoms with E-state index in [9.17, 15) is 4.79 Å². The Morgan fingerprint density at radius 1 is 1.09 bits per heavy atom. The molecule has 1 aromatic heterocycles. The summed E-state index contributed by atoms with van der Waals surface area (Å²) in [6.07, 6.45) is 0.881. The Balaban J connectivity index is 2.05. The molecule has 2 aromatic carbocycles. The molecule has 0 saturated carbocycles. The van der Waals surface area contributed by atoms with Crippen molar-refractivity contribution in [2.24, 2.45) is 0 Å². The summed E-state index contributed by atoms with van der Waals surface area (Å²) in [7, 11) is 0. The summed E-state index contributed by atoms with van der Waals surface area (Å²) in [6.45, 7) is 6.02. The molecule has 0 bridgehead atoms. The molecule has 23 heavy (non-hydrogen) atoms. The summed E-state index contributed by atoms with van der Waals surface area (Å²) >= 11 is 0. The average molecular weight is 304 g/mol. The largest absolute Gasteiger partial charge is 0.322 e. The third-order valence-electron chi connectivity index (χ3n) is 3.98. The number of aryl methyl sites for hydroxylation is 3. The Bertz CT molecular complexity index is 884. The van der Waals surface area contributed by atoms with Gasteiger partial charge in [0.2, 0.25) is 0 Å². The summed E-state index contributed by atoms with van der Waals surface area (Å²) in [5.41, 5.74) is 5.48. The molecule has 1 amide bonds. The van der Waals surface area contributed by atoms with Crippen LogP contribution < -0.4 is 5.32 Å². The van der Waals surface area contributed by atoms with Gasteiger partial charge in [-0.3, -0.25) is 9.78 Å². The summed E-state index contributed by atoms with van der Waals surface area (Å²) < 4.78 is 0. The maximum Gasteiger partial charge on any atom is 0.256 e. The van der Waals surface area contributed by atoms with Gasteiger partial charge in [0.25, 0.3) is 5.91 Å². The van der Waals surface area contributed by atoms with Crippen LogP contribution in [0.5, 0.6) is 0 Å². The molecule has 0 fully saturated rings. The molecule has 116 valence electrons. The van der Waals surface area contributed by atoms with E-state index in [0.717, 1.165) is 39.8 Å². The van der Waals surface area contributed by atoms with Crippen LogP contribution in [0.2, 0.25) is 0 Å². The number of hydrogen-bond donors (Lipinski definition) is 1. The van der Waals surface area contributed by atoms with Crippen LogP contribution in [0.4, 0.5) is 5.69 Å². The number of fused-ring (bicyclic) bond motifs is 1. The third-order valence-corrected chi connectivity index (χ3v) is 3.98. The van der Waals surface area contributed by atoms with Crippen molar-refractivity contribution in [2.75, 3.05) is 5.32 Å². The Morgan fingerprint density at radius 2 is 1.87 bits per heavy atom. The van der Waals surface area contributed by atoms with Crippen molar-refractivity contribution < 1.29 is 4.79 Å². The van der Waals surface area contributed by atoms with E-state index in [1.807, 2.05) is 62.4 Å². The van der Waals surface area contributed by atoms with Crippen molar-refractivity contribution in [3.63, 3.8) is 0 Å². The number of hydrogen-bond acceptors (Lipinski definition) is 2. The Kier molecular flexibility index (Phi) is 4.11. The van der Waals surface area contributed by atoms with Gasteiger partial charge in [-0.05, 0) is 50.1 Å². The highest BCUT2D eigenvalue weighted by atomic mass is 16.1. The van der Waals surface area contributed by atoms with Crippen molar-refractivity contribution in [3.8, 4) is 0 Å². The van der Waals surface area contributed by atoms with E-state index >= 15 is 0 Å². The second kappa shape index (κ2) is 6.21. The van der Waals surface area contributed by atoms with E-state index in [4.69, 9.17) is 0 Å². The number of carbonyl (C=O) groups is 1. The molecule has 0 aliphatic heterocycles. The molecule has 3 heteroatoms. The minimum atomic E-state index is -0.0907. The predicted octanol–water partition coefficient (Wildman–Crippen LogP) is 4.67. The number of amides is 1. The molecule has 0 radical (unpaired) electrons. The first-order chi connectivity index (χ1) is 11.1. The van der Waals surface area contributed by atoms with Crippen LogP contribution in [0.15, 0.2) is 48.5 Å². The SMILES string of the molecule is CCc1ccccc1NC(=O)c1cc(C)nc2ccc(C)cc12. The standard InChI is InChI=1S/C20H20N2O/c1-4-15-7-5-6-8-18(15)22-20(23)17-12-14(3)21-19-10-9-13(2)11-16(17)19/h5-12H,4H2,1-3H3,(H,22,23). The molecule has 0 atom stereocenters. The maximum atomic E-state index is 12.8. The number of carbonyl (C=O) groups excluding carboxylic acids is 1. The van der Waals surface area contributed by atoms with Gasteiger partial charge >= 0.3 is 0 Å². The third kappa shape index (κ3) is 3.09. The smallest absolute Gasteiger partial charge is 0.256 e. The van der Waals surface area contributed by atoms with E-state index in [2.05, 4.69) is 17.2 Å². The zero-order valence-corrected chi connectivity index (χ0v) is 13.7. The summed E-state index contributed by atoms with van der Waals surface area (Å²) in [5.74, 6) is -0.0907. The first kappa shape index (κ1) is 15.2. The zero-order chi connectivity index (χ0) is 16.4. The maximum absolute atomic E-state index is 12.8. The lowest BCUT2D eigenvalue weighted by molar-refractivity contribution is 0.102. The van der Waals surface area contributed by atoms with Gasteiger partial charge in [-0.1, -0.05) is 36.8 Å². The van der Waals surface area contributed by atoms with E-state index in [-0.39, 0.29) is 5.91 Å². The highest BCUT2D eigenvalue weighted by molar-refractivity contribution is 6.12. The topological polar surface area (TPSA) is 42.0 Å². The molecule has 0 unspecified atom stereocenters. The van der Waals surface area contributed by atoms with E-state index in [0.29, 0.717) is 5.56 Å². The van der Waals surface area contributed by atoms with Crippen LogP contribution in [0.25, 0.3) is 10.9 Å². The van der Waals surface area contributed by atoms with E-state index < -0.39 is 0 Å². The van der Waals surface area contributed by atoms with Crippen molar-refractivity contribution in [1.82, 2.24) is 4.98 Å².